The first-order chi connectivity index (χ1) is 28.6. The van der Waals surface area contributed by atoms with Gasteiger partial charge in [0.25, 0.3) is 0 Å². The van der Waals surface area contributed by atoms with Gasteiger partial charge in [-0.25, -0.2) is 4.79 Å². The Kier molecular flexibility index (Phi) is 38.0. The van der Waals surface area contributed by atoms with Crippen LogP contribution in [0.3, 0.4) is 0 Å². The lowest BCUT2D eigenvalue weighted by atomic mass is 10.1. The molecule has 1 N–H and O–H groups in total. The summed E-state index contributed by atoms with van der Waals surface area (Å²) in [4.78, 5) is 37.0. The van der Waals surface area contributed by atoms with E-state index >= 15 is 0 Å². The van der Waals surface area contributed by atoms with Gasteiger partial charge in [-0.05, 0) is 83.5 Å². The van der Waals surface area contributed by atoms with Crippen LogP contribution < -0.4 is 0 Å². The van der Waals surface area contributed by atoms with E-state index in [0.717, 1.165) is 89.9 Å². The van der Waals surface area contributed by atoms with Gasteiger partial charge in [-0.2, -0.15) is 0 Å². The summed E-state index contributed by atoms with van der Waals surface area (Å²) in [6.45, 7) is 4.39. The Morgan fingerprint density at radius 1 is 0.508 bits per heavy atom. The van der Waals surface area contributed by atoms with Gasteiger partial charge in [0.1, 0.15) is 6.61 Å². The van der Waals surface area contributed by atoms with Gasteiger partial charge in [0.15, 0.2) is 12.1 Å². The SMILES string of the molecule is CC/C=C/C/C=C/C/C=C/C/C=C/C/C=C/C/C=C/CCC(=O)OC(COCCC(C(=O)O)[N+](C)(C)C)COC(=O)CCCCCCCC/C=C/C/C=C/C/C=C/CC. The third kappa shape index (κ3) is 39.2. The van der Waals surface area contributed by atoms with Crippen LogP contribution in [0.15, 0.2) is 109 Å². The number of carboxylic acid groups (broad SMARTS) is 1. The van der Waals surface area contributed by atoms with Crippen molar-refractivity contribution in [3.05, 3.63) is 109 Å². The first kappa shape index (κ1) is 55.0. The van der Waals surface area contributed by atoms with Crippen LogP contribution >= 0.6 is 0 Å². The minimum absolute atomic E-state index is 0.0188. The van der Waals surface area contributed by atoms with E-state index in [1.165, 1.54) is 12.8 Å². The maximum absolute atomic E-state index is 12.7. The predicted molar refractivity (Wildman–Crippen MR) is 247 cm³/mol. The van der Waals surface area contributed by atoms with Gasteiger partial charge in [-0.3, -0.25) is 9.59 Å². The topological polar surface area (TPSA) is 99.1 Å². The van der Waals surface area contributed by atoms with Gasteiger partial charge < -0.3 is 23.8 Å². The average Bonchev–Trinajstić information content (AvgIpc) is 3.19. The number of ether oxygens (including phenoxy) is 3. The van der Waals surface area contributed by atoms with Crippen molar-refractivity contribution < 1.29 is 38.2 Å². The molecule has 0 amide bonds. The van der Waals surface area contributed by atoms with E-state index in [4.69, 9.17) is 14.2 Å². The average molecular weight is 821 g/mol. The maximum Gasteiger partial charge on any atom is 0.362 e. The molecule has 0 saturated heterocycles. The Balaban J connectivity index is 4.51. The third-order valence-corrected chi connectivity index (χ3v) is 9.18. The van der Waals surface area contributed by atoms with Crippen LogP contribution in [-0.2, 0) is 28.6 Å². The van der Waals surface area contributed by atoms with Crippen molar-refractivity contribution in [1.29, 1.82) is 0 Å². The number of rotatable bonds is 38. The molecule has 332 valence electrons. The highest BCUT2D eigenvalue weighted by atomic mass is 16.6. The number of quaternary nitrogens is 1. The molecule has 0 rings (SSSR count). The second-order valence-electron chi connectivity index (χ2n) is 15.5. The molecule has 0 aromatic heterocycles. The first-order valence-corrected chi connectivity index (χ1v) is 22.4. The van der Waals surface area contributed by atoms with Crippen LogP contribution in [-0.4, -0.2) is 80.6 Å². The van der Waals surface area contributed by atoms with Crippen molar-refractivity contribution in [2.75, 3.05) is 41.0 Å². The largest absolute Gasteiger partial charge is 0.477 e. The van der Waals surface area contributed by atoms with Crippen molar-refractivity contribution in [3.8, 4) is 0 Å². The molecule has 0 aliphatic carbocycles. The first-order valence-electron chi connectivity index (χ1n) is 22.4. The minimum Gasteiger partial charge on any atom is -0.477 e. The number of likely N-dealkylation sites (N-methyl/N-ethyl adjacent to an activating group) is 1. The Morgan fingerprint density at radius 3 is 1.39 bits per heavy atom. The predicted octanol–water partition coefficient (Wildman–Crippen LogP) is 12.5. The summed E-state index contributed by atoms with van der Waals surface area (Å²) in [5.74, 6) is -1.61. The second kappa shape index (κ2) is 40.8. The number of esters is 2. The number of carbonyl (C=O) groups is 3. The third-order valence-electron chi connectivity index (χ3n) is 9.18. The van der Waals surface area contributed by atoms with E-state index in [-0.39, 0.29) is 36.7 Å². The van der Waals surface area contributed by atoms with Crippen molar-refractivity contribution in [3.63, 3.8) is 0 Å². The van der Waals surface area contributed by atoms with Crippen LogP contribution in [0, 0.1) is 0 Å². The van der Waals surface area contributed by atoms with E-state index in [1.807, 2.05) is 33.3 Å². The summed E-state index contributed by atoms with van der Waals surface area (Å²) in [5, 5.41) is 9.62. The normalized spacial score (nSPS) is 14.0. The van der Waals surface area contributed by atoms with Crippen LogP contribution in [0.2, 0.25) is 0 Å². The monoisotopic (exact) mass is 821 g/mol. The van der Waals surface area contributed by atoms with Gasteiger partial charge in [0, 0.05) is 19.3 Å². The molecule has 0 aromatic rings. The summed E-state index contributed by atoms with van der Waals surface area (Å²) in [6, 6.07) is -0.636. The van der Waals surface area contributed by atoms with Gasteiger partial charge >= 0.3 is 17.9 Å². The zero-order chi connectivity index (χ0) is 43.5. The number of allylic oxidation sites excluding steroid dienone is 18. The number of hydrogen-bond acceptors (Lipinski definition) is 6. The molecule has 2 unspecified atom stereocenters. The molecule has 59 heavy (non-hydrogen) atoms. The molecule has 8 heteroatoms. The van der Waals surface area contributed by atoms with E-state index in [9.17, 15) is 19.5 Å². The number of hydrogen-bond donors (Lipinski definition) is 1. The fourth-order valence-corrected chi connectivity index (χ4v) is 5.78. The number of nitrogens with zero attached hydrogens (tertiary/aromatic N) is 1. The molecule has 0 aliphatic rings. The molecule has 0 aliphatic heterocycles. The summed E-state index contributed by atoms with van der Waals surface area (Å²) >= 11 is 0. The van der Waals surface area contributed by atoms with E-state index in [1.54, 1.807) is 0 Å². The highest BCUT2D eigenvalue weighted by molar-refractivity contribution is 5.72. The summed E-state index contributed by atoms with van der Waals surface area (Å²) in [6.07, 6.45) is 55.8. The molecule has 0 spiro atoms. The summed E-state index contributed by atoms with van der Waals surface area (Å²) in [7, 11) is 5.48. The molecule has 0 radical (unpaired) electrons. The Hall–Kier alpha value is -4.01. The lowest BCUT2D eigenvalue weighted by Crippen LogP contribution is -2.50. The van der Waals surface area contributed by atoms with Crippen LogP contribution in [0.5, 0.6) is 0 Å². The standard InChI is InChI=1S/C51H81NO7/c1-6-8-10-12-14-16-18-20-22-24-25-26-28-30-32-34-36-38-40-42-50(54)59-47(45-57-44-43-48(51(55)56)52(3,4)5)46-58-49(53)41-39-37-35-33-31-29-27-23-21-19-17-15-13-11-9-7-2/h8-11,14-17,20-23,25-26,30,32,36,38,47-48H,6-7,12-13,18-19,24,27-29,31,33-35,37,39-46H2,1-5H3/p+1/b10-8+,11-9+,16-14+,17-15+,22-20+,23-21+,26-25+,32-30+,38-36+. The summed E-state index contributed by atoms with van der Waals surface area (Å²) < 4.78 is 17.2. The van der Waals surface area contributed by atoms with E-state index in [2.05, 4.69) is 111 Å². The van der Waals surface area contributed by atoms with Gasteiger partial charge in [-0.1, -0.05) is 149 Å². The Bertz CT molecular complexity index is 1330. The Morgan fingerprint density at radius 2 is 0.932 bits per heavy atom. The highest BCUT2D eigenvalue weighted by Gasteiger charge is 2.31. The molecule has 8 nitrogen and oxygen atoms in total. The van der Waals surface area contributed by atoms with Crippen molar-refractivity contribution in [1.82, 2.24) is 0 Å². The molecule has 0 saturated carbocycles. The number of carboxylic acids is 1. The fourth-order valence-electron chi connectivity index (χ4n) is 5.78. The van der Waals surface area contributed by atoms with E-state index < -0.39 is 24.1 Å². The quantitative estimate of drug-likeness (QED) is 0.0287. The molecular formula is C51H82NO7+. The number of unbranched alkanes of at least 4 members (excludes halogenated alkanes) is 6. The van der Waals surface area contributed by atoms with Crippen molar-refractivity contribution >= 4 is 17.9 Å². The summed E-state index contributed by atoms with van der Waals surface area (Å²) in [5.41, 5.74) is 0. The fraction of sp³-hybridized carbons (Fsp3) is 0.588. The van der Waals surface area contributed by atoms with Crippen LogP contribution in [0.25, 0.3) is 0 Å². The smallest absolute Gasteiger partial charge is 0.362 e. The Labute approximate surface area is 359 Å². The molecule has 0 aromatic carbocycles. The van der Waals surface area contributed by atoms with Gasteiger partial charge in [0.05, 0.1) is 34.4 Å². The van der Waals surface area contributed by atoms with Gasteiger partial charge in [-0.15, -0.1) is 0 Å². The van der Waals surface area contributed by atoms with Crippen LogP contribution in [0.1, 0.15) is 142 Å². The zero-order valence-corrected chi connectivity index (χ0v) is 37.7. The molecule has 0 fully saturated rings. The molecule has 2 atom stereocenters. The van der Waals surface area contributed by atoms with Crippen molar-refractivity contribution in [2.45, 2.75) is 154 Å². The van der Waals surface area contributed by atoms with Crippen LogP contribution in [0.4, 0.5) is 0 Å². The highest BCUT2D eigenvalue weighted by Crippen LogP contribution is 2.12. The second-order valence-corrected chi connectivity index (χ2v) is 15.5. The lowest BCUT2D eigenvalue weighted by molar-refractivity contribution is -0.887. The molecule has 0 heterocycles. The minimum atomic E-state index is -0.894. The van der Waals surface area contributed by atoms with Crippen molar-refractivity contribution in [2.24, 2.45) is 0 Å². The molecule has 0 bridgehead atoms. The van der Waals surface area contributed by atoms with Gasteiger partial charge in [0.2, 0.25) is 0 Å². The van der Waals surface area contributed by atoms with E-state index in [0.29, 0.717) is 19.3 Å². The lowest BCUT2D eigenvalue weighted by Gasteiger charge is -2.31. The number of carbonyl (C=O) groups excluding carboxylic acids is 2. The molecular weight excluding hydrogens is 739 g/mol. The zero-order valence-electron chi connectivity index (χ0n) is 37.7. The number of aliphatic carboxylic acids is 1. The maximum atomic E-state index is 12.7.